The minimum absolute atomic E-state index is 0.125. The standard InChI is InChI=1S/C26H35FO4S2/c1-6-12-33-26(32-7-2)21(30)14-20-19-9-8-17-13-18(29)10-11-23(17,4)25(19,27)22(31-16(3)28)15-24(20,26)5/h10-11,13,19-20,22H,6-9,12,14-15H2,1-5H3/t19-,20-,22-,23-,24-,25?,26+/m0/s1. The fourth-order valence-corrected chi connectivity index (χ4v) is 10.7. The van der Waals surface area contributed by atoms with Crippen LogP contribution in [0.5, 0.6) is 0 Å². The van der Waals surface area contributed by atoms with E-state index in [1.165, 1.54) is 13.0 Å². The quantitative estimate of drug-likeness (QED) is 0.349. The molecular formula is C26H35FO4S2. The fourth-order valence-electron chi connectivity index (χ4n) is 7.24. The van der Waals surface area contributed by atoms with Crippen LogP contribution in [0.4, 0.5) is 4.39 Å². The van der Waals surface area contributed by atoms with E-state index in [2.05, 4.69) is 20.8 Å². The Morgan fingerprint density at radius 3 is 2.58 bits per heavy atom. The number of allylic oxidation sites excluding steroid dienone is 4. The molecule has 0 aromatic heterocycles. The lowest BCUT2D eigenvalue weighted by Crippen LogP contribution is -2.68. The number of esters is 1. The average Bonchev–Trinajstić information content (AvgIpc) is 2.95. The van der Waals surface area contributed by atoms with E-state index >= 15 is 4.39 Å². The van der Waals surface area contributed by atoms with E-state index in [-0.39, 0.29) is 17.5 Å². The minimum atomic E-state index is -1.87. The fraction of sp³-hybridized carbons (Fsp3) is 0.731. The van der Waals surface area contributed by atoms with Crippen molar-refractivity contribution in [3.63, 3.8) is 0 Å². The molecule has 3 saturated carbocycles. The van der Waals surface area contributed by atoms with Crippen molar-refractivity contribution >= 4 is 41.1 Å². The van der Waals surface area contributed by atoms with Crippen LogP contribution in [0.1, 0.15) is 66.7 Å². The van der Waals surface area contributed by atoms with Crippen molar-refractivity contribution in [3.8, 4) is 0 Å². The van der Waals surface area contributed by atoms with Gasteiger partial charge in [-0.3, -0.25) is 14.4 Å². The van der Waals surface area contributed by atoms with Crippen LogP contribution in [0.25, 0.3) is 0 Å². The first-order chi connectivity index (χ1) is 15.5. The molecule has 0 aromatic rings. The molecule has 0 heterocycles. The first kappa shape index (κ1) is 25.0. The lowest BCUT2D eigenvalue weighted by Gasteiger charge is -2.63. The lowest BCUT2D eigenvalue weighted by molar-refractivity contribution is -0.209. The van der Waals surface area contributed by atoms with Gasteiger partial charge in [0.2, 0.25) is 0 Å². The van der Waals surface area contributed by atoms with Gasteiger partial charge in [0.1, 0.15) is 10.2 Å². The monoisotopic (exact) mass is 494 g/mol. The van der Waals surface area contributed by atoms with Crippen LogP contribution in [0.3, 0.4) is 0 Å². The molecule has 3 fully saturated rings. The topological polar surface area (TPSA) is 60.4 Å². The highest BCUT2D eigenvalue weighted by Crippen LogP contribution is 2.73. The van der Waals surface area contributed by atoms with Crippen LogP contribution in [0, 0.1) is 22.7 Å². The number of hydrogen-bond donors (Lipinski definition) is 0. The van der Waals surface area contributed by atoms with E-state index in [4.69, 9.17) is 4.74 Å². The summed E-state index contributed by atoms with van der Waals surface area (Å²) in [5.41, 5.74) is -2.62. The van der Waals surface area contributed by atoms with E-state index < -0.39 is 38.6 Å². The predicted octanol–water partition coefficient (Wildman–Crippen LogP) is 5.70. The number of ether oxygens (including phenoxy) is 1. The van der Waals surface area contributed by atoms with Crippen LogP contribution >= 0.6 is 23.5 Å². The number of hydrogen-bond acceptors (Lipinski definition) is 6. The highest BCUT2D eigenvalue weighted by atomic mass is 32.2. The summed E-state index contributed by atoms with van der Waals surface area (Å²) in [6, 6.07) is 0. The van der Waals surface area contributed by atoms with Gasteiger partial charge >= 0.3 is 5.97 Å². The van der Waals surface area contributed by atoms with Crippen molar-refractivity contribution in [2.24, 2.45) is 22.7 Å². The first-order valence-corrected chi connectivity index (χ1v) is 14.1. The molecule has 1 unspecified atom stereocenters. The van der Waals surface area contributed by atoms with Gasteiger partial charge in [0, 0.05) is 30.1 Å². The Morgan fingerprint density at radius 2 is 1.94 bits per heavy atom. The van der Waals surface area contributed by atoms with Gasteiger partial charge < -0.3 is 4.74 Å². The van der Waals surface area contributed by atoms with Crippen LogP contribution in [-0.2, 0) is 19.1 Å². The van der Waals surface area contributed by atoms with Crippen molar-refractivity contribution in [2.45, 2.75) is 82.6 Å². The number of fused-ring (bicyclic) bond motifs is 5. The third kappa shape index (κ3) is 3.35. The van der Waals surface area contributed by atoms with Gasteiger partial charge in [-0.05, 0) is 62.2 Å². The number of Topliss-reactive ketones (excluding diaryl/α,β-unsaturated/α-hetero) is 1. The molecule has 0 amide bonds. The van der Waals surface area contributed by atoms with Gasteiger partial charge in [-0.1, -0.05) is 32.4 Å². The Morgan fingerprint density at radius 1 is 1.21 bits per heavy atom. The van der Waals surface area contributed by atoms with Crippen LogP contribution in [-0.4, -0.2) is 44.9 Å². The number of ketones is 2. The molecular weight excluding hydrogens is 459 g/mol. The second-order valence-corrected chi connectivity index (χ2v) is 13.4. The Balaban J connectivity index is 1.87. The first-order valence-electron chi connectivity index (χ1n) is 12.1. The summed E-state index contributed by atoms with van der Waals surface area (Å²) in [7, 11) is 0. The molecule has 0 radical (unpaired) electrons. The Bertz CT molecular complexity index is 931. The van der Waals surface area contributed by atoms with E-state index in [0.29, 0.717) is 25.7 Å². The number of carbonyl (C=O) groups excluding carboxylic acids is 3. The molecule has 182 valence electrons. The molecule has 33 heavy (non-hydrogen) atoms. The van der Waals surface area contributed by atoms with Crippen LogP contribution in [0.2, 0.25) is 0 Å². The van der Waals surface area contributed by atoms with Crippen molar-refractivity contribution in [3.05, 3.63) is 23.8 Å². The zero-order valence-electron chi connectivity index (χ0n) is 20.2. The Hall–Kier alpha value is -1.08. The van der Waals surface area contributed by atoms with Crippen LogP contribution in [0.15, 0.2) is 23.8 Å². The molecule has 0 spiro atoms. The molecule has 0 N–H and O–H groups in total. The molecule has 7 heteroatoms. The normalized spacial score (nSPS) is 44.1. The lowest BCUT2D eigenvalue weighted by atomic mass is 9.46. The number of carbonyl (C=O) groups is 3. The van der Waals surface area contributed by atoms with Gasteiger partial charge in [-0.15, -0.1) is 23.5 Å². The summed E-state index contributed by atoms with van der Waals surface area (Å²) in [5, 5.41) is 0. The van der Waals surface area contributed by atoms with Crippen molar-refractivity contribution < 1.29 is 23.5 Å². The largest absolute Gasteiger partial charge is 0.459 e. The molecule has 7 atom stereocenters. The van der Waals surface area contributed by atoms with Gasteiger partial charge in [-0.2, -0.15) is 0 Å². The zero-order valence-corrected chi connectivity index (χ0v) is 21.9. The maximum absolute atomic E-state index is 17.7. The zero-order chi connectivity index (χ0) is 24.2. The average molecular weight is 495 g/mol. The Labute approximate surface area is 204 Å². The van der Waals surface area contributed by atoms with Crippen molar-refractivity contribution in [1.29, 1.82) is 0 Å². The molecule has 4 rings (SSSR count). The molecule has 4 nitrogen and oxygen atoms in total. The molecule has 0 saturated heterocycles. The maximum atomic E-state index is 17.7. The summed E-state index contributed by atoms with van der Waals surface area (Å²) in [6.07, 6.45) is 6.52. The molecule has 0 aromatic carbocycles. The van der Waals surface area contributed by atoms with E-state index in [1.54, 1.807) is 35.7 Å². The third-order valence-corrected chi connectivity index (χ3v) is 12.5. The summed E-state index contributed by atoms with van der Waals surface area (Å²) in [5.74, 6) is 0.671. The number of halogens is 1. The smallest absolute Gasteiger partial charge is 0.303 e. The number of alkyl halides is 1. The third-order valence-electron chi connectivity index (χ3n) is 8.70. The highest BCUT2D eigenvalue weighted by Gasteiger charge is 2.76. The second-order valence-electron chi connectivity index (χ2n) is 10.4. The molecule has 4 aliphatic rings. The highest BCUT2D eigenvalue weighted by molar-refractivity contribution is 8.19. The van der Waals surface area contributed by atoms with Crippen LogP contribution < -0.4 is 0 Å². The number of thioether (sulfide) groups is 2. The van der Waals surface area contributed by atoms with E-state index in [1.807, 2.05) is 6.92 Å². The van der Waals surface area contributed by atoms with Gasteiger partial charge in [0.25, 0.3) is 0 Å². The van der Waals surface area contributed by atoms with Gasteiger partial charge in [-0.25, -0.2) is 4.39 Å². The summed E-state index contributed by atoms with van der Waals surface area (Å²) >= 11 is 3.39. The van der Waals surface area contributed by atoms with E-state index in [9.17, 15) is 14.4 Å². The molecule has 4 aliphatic carbocycles. The van der Waals surface area contributed by atoms with Crippen molar-refractivity contribution in [2.75, 3.05) is 11.5 Å². The van der Waals surface area contributed by atoms with Crippen molar-refractivity contribution in [1.82, 2.24) is 0 Å². The second kappa shape index (κ2) is 8.54. The van der Waals surface area contributed by atoms with Gasteiger partial charge in [0.05, 0.1) is 0 Å². The number of rotatable bonds is 6. The summed E-state index contributed by atoms with van der Waals surface area (Å²) in [4.78, 5) is 38.0. The summed E-state index contributed by atoms with van der Waals surface area (Å²) < 4.78 is 22.9. The Kier molecular flexibility index (Phi) is 6.48. The minimum Gasteiger partial charge on any atom is -0.459 e. The van der Waals surface area contributed by atoms with E-state index in [0.717, 1.165) is 23.5 Å². The molecule has 0 aliphatic heterocycles. The predicted molar refractivity (Wildman–Crippen MR) is 132 cm³/mol. The van der Waals surface area contributed by atoms with Gasteiger partial charge in [0.15, 0.2) is 17.2 Å². The maximum Gasteiger partial charge on any atom is 0.303 e. The SMILES string of the molecule is CCCS[C@]1(SCC)C(=O)C[C@H]2[C@@H]3CCC4=CC(=O)C=C[C@]4(C)C3(F)[C@@H](OC(C)=O)C[C@@]21C. The summed E-state index contributed by atoms with van der Waals surface area (Å²) in [6.45, 7) is 9.48. The molecule has 0 bridgehead atoms.